The van der Waals surface area contributed by atoms with Gasteiger partial charge in [0.25, 0.3) is 0 Å². The summed E-state index contributed by atoms with van der Waals surface area (Å²) in [6.45, 7) is 6.33. The Balaban J connectivity index is 1.27. The van der Waals surface area contributed by atoms with E-state index in [1.807, 2.05) is 18.2 Å². The van der Waals surface area contributed by atoms with Gasteiger partial charge in [0.1, 0.15) is 6.10 Å². The van der Waals surface area contributed by atoms with Crippen LogP contribution in [0.15, 0.2) is 29.8 Å². The summed E-state index contributed by atoms with van der Waals surface area (Å²) in [6, 6.07) is 5.98. The summed E-state index contributed by atoms with van der Waals surface area (Å²) in [5.41, 5.74) is 2.91. The second-order valence-electron chi connectivity index (χ2n) is 9.16. The van der Waals surface area contributed by atoms with Crippen molar-refractivity contribution in [2.75, 3.05) is 13.3 Å². The van der Waals surface area contributed by atoms with Crippen molar-refractivity contribution in [2.45, 2.75) is 52.2 Å². The normalized spacial score (nSPS) is 35.8. The molecule has 5 rings (SSSR count). The fourth-order valence-corrected chi connectivity index (χ4v) is 5.70. The van der Waals surface area contributed by atoms with Gasteiger partial charge in [-0.3, -0.25) is 4.79 Å². The lowest BCUT2D eigenvalue weighted by molar-refractivity contribution is -0.145. The predicted molar refractivity (Wildman–Crippen MR) is 105 cm³/mol. The van der Waals surface area contributed by atoms with Gasteiger partial charge >= 0.3 is 5.97 Å². The minimum atomic E-state index is -0.0924. The highest BCUT2D eigenvalue weighted by atomic mass is 16.7. The van der Waals surface area contributed by atoms with Crippen molar-refractivity contribution in [3.05, 3.63) is 35.4 Å². The number of fused-ring (bicyclic) bond motifs is 3. The molecule has 1 saturated heterocycles. The number of hydrogen-bond donors (Lipinski definition) is 1. The van der Waals surface area contributed by atoms with E-state index in [9.17, 15) is 4.79 Å². The van der Waals surface area contributed by atoms with Crippen molar-refractivity contribution in [2.24, 2.45) is 23.2 Å². The van der Waals surface area contributed by atoms with Crippen molar-refractivity contribution in [1.29, 1.82) is 0 Å². The molecule has 5 nitrogen and oxygen atoms in total. The lowest BCUT2D eigenvalue weighted by Gasteiger charge is -2.46. The number of rotatable bonds is 4. The van der Waals surface area contributed by atoms with Gasteiger partial charge in [-0.25, -0.2) is 0 Å². The van der Waals surface area contributed by atoms with E-state index in [0.29, 0.717) is 19.0 Å². The van der Waals surface area contributed by atoms with Crippen LogP contribution in [-0.2, 0) is 16.1 Å². The first kappa shape index (κ1) is 18.0. The van der Waals surface area contributed by atoms with Crippen LogP contribution >= 0.6 is 0 Å². The van der Waals surface area contributed by atoms with Gasteiger partial charge in [-0.15, -0.1) is 0 Å². The highest BCUT2D eigenvalue weighted by molar-refractivity contribution is 5.76. The number of esters is 1. The summed E-state index contributed by atoms with van der Waals surface area (Å²) in [5.74, 6) is 2.29. The monoisotopic (exact) mass is 383 g/mol. The molecule has 4 aliphatic rings. The Kier molecular flexibility index (Phi) is 4.38. The van der Waals surface area contributed by atoms with E-state index in [1.54, 1.807) is 5.57 Å². The molecule has 2 fully saturated rings. The fraction of sp³-hybridized carbons (Fsp3) is 0.609. The van der Waals surface area contributed by atoms with Gasteiger partial charge in [0.05, 0.1) is 5.92 Å². The van der Waals surface area contributed by atoms with Crippen LogP contribution < -0.4 is 14.8 Å². The number of carbonyl (C=O) groups is 1. The van der Waals surface area contributed by atoms with E-state index in [4.69, 9.17) is 14.2 Å². The van der Waals surface area contributed by atoms with Crippen molar-refractivity contribution < 1.29 is 19.0 Å². The van der Waals surface area contributed by atoms with Gasteiger partial charge in [0, 0.05) is 19.0 Å². The second kappa shape index (κ2) is 6.80. The third-order valence-corrected chi connectivity index (χ3v) is 7.21. The number of nitrogens with one attached hydrogen (secondary N) is 1. The molecule has 1 N–H and O–H groups in total. The van der Waals surface area contributed by atoms with Gasteiger partial charge in [-0.05, 0) is 48.3 Å². The molecular weight excluding hydrogens is 354 g/mol. The zero-order chi connectivity index (χ0) is 19.3. The first-order valence-corrected chi connectivity index (χ1v) is 10.6. The Bertz CT molecular complexity index is 819. The van der Waals surface area contributed by atoms with Gasteiger partial charge in [0.2, 0.25) is 6.79 Å². The van der Waals surface area contributed by atoms with E-state index < -0.39 is 0 Å². The van der Waals surface area contributed by atoms with E-state index in [1.165, 1.54) is 19.3 Å². The SMILES string of the molecule is C[C@H]1CCC[C@]2(C)C[C@H]3OC(=O)[C@H](CNCc4ccc5c(c4)OCO5)[C@H]3C=C12. The lowest BCUT2D eigenvalue weighted by Crippen LogP contribution is -2.40. The highest BCUT2D eigenvalue weighted by Crippen LogP contribution is 2.53. The summed E-state index contributed by atoms with van der Waals surface area (Å²) in [6.07, 6.45) is 7.20. The van der Waals surface area contributed by atoms with Gasteiger partial charge < -0.3 is 19.5 Å². The Morgan fingerprint density at radius 3 is 3.00 bits per heavy atom. The number of carbonyl (C=O) groups excluding carboxylic acids is 1. The standard InChI is InChI=1S/C23H29NO4/c1-14-4-3-7-23(2)10-21-16(9-18(14)23)17(22(25)28-21)12-24-11-15-5-6-19-20(8-15)27-13-26-19/h5-6,8-9,14,16-17,21,24H,3-4,7,10-13H2,1-2H3/t14-,16+,17+,21+,23+/m0/s1. The number of allylic oxidation sites excluding steroid dienone is 1. The van der Waals surface area contributed by atoms with Crippen LogP contribution in [0.2, 0.25) is 0 Å². The Labute approximate surface area is 166 Å². The number of ether oxygens (including phenoxy) is 3. The topological polar surface area (TPSA) is 56.8 Å². The Morgan fingerprint density at radius 1 is 1.25 bits per heavy atom. The van der Waals surface area contributed by atoms with E-state index >= 15 is 0 Å². The minimum absolute atomic E-state index is 0.0417. The van der Waals surface area contributed by atoms with Crippen LogP contribution in [0.3, 0.4) is 0 Å². The van der Waals surface area contributed by atoms with Crippen molar-refractivity contribution >= 4 is 5.97 Å². The fourth-order valence-electron chi connectivity index (χ4n) is 5.70. The number of hydrogen-bond acceptors (Lipinski definition) is 5. The molecule has 5 heteroatoms. The van der Waals surface area contributed by atoms with Crippen LogP contribution in [0.5, 0.6) is 11.5 Å². The van der Waals surface area contributed by atoms with Gasteiger partial charge in [-0.2, -0.15) is 0 Å². The first-order chi connectivity index (χ1) is 13.5. The zero-order valence-corrected chi connectivity index (χ0v) is 16.7. The van der Waals surface area contributed by atoms with Crippen LogP contribution in [0, 0.1) is 23.2 Å². The predicted octanol–water partition coefficient (Wildman–Crippen LogP) is 3.82. The maximum Gasteiger partial charge on any atom is 0.311 e. The number of benzene rings is 1. The summed E-state index contributed by atoms with van der Waals surface area (Å²) in [4.78, 5) is 12.6. The molecule has 1 saturated carbocycles. The molecule has 2 aliphatic carbocycles. The lowest BCUT2D eigenvalue weighted by atomic mass is 9.59. The molecule has 150 valence electrons. The maximum atomic E-state index is 12.6. The molecule has 5 atom stereocenters. The molecule has 0 amide bonds. The summed E-state index contributed by atoms with van der Waals surface area (Å²) in [5, 5.41) is 3.46. The minimum Gasteiger partial charge on any atom is -0.461 e. The molecule has 0 spiro atoms. The van der Waals surface area contributed by atoms with Crippen LogP contribution in [-0.4, -0.2) is 25.4 Å². The Morgan fingerprint density at radius 2 is 2.11 bits per heavy atom. The molecule has 2 heterocycles. The van der Waals surface area contributed by atoms with E-state index in [0.717, 1.165) is 23.5 Å². The van der Waals surface area contributed by atoms with Crippen LogP contribution in [0.1, 0.15) is 45.1 Å². The molecule has 0 aromatic heterocycles. The van der Waals surface area contributed by atoms with Gasteiger partial charge in [0.15, 0.2) is 11.5 Å². The molecule has 0 unspecified atom stereocenters. The summed E-state index contributed by atoms with van der Waals surface area (Å²) < 4.78 is 16.6. The molecule has 2 aliphatic heterocycles. The third-order valence-electron chi connectivity index (χ3n) is 7.21. The molecule has 1 aromatic rings. The second-order valence-corrected chi connectivity index (χ2v) is 9.16. The van der Waals surface area contributed by atoms with Crippen molar-refractivity contribution in [3.63, 3.8) is 0 Å². The van der Waals surface area contributed by atoms with Crippen molar-refractivity contribution in [3.8, 4) is 11.5 Å². The van der Waals surface area contributed by atoms with E-state index in [2.05, 4.69) is 25.2 Å². The van der Waals surface area contributed by atoms with E-state index in [-0.39, 0.29) is 36.1 Å². The highest BCUT2D eigenvalue weighted by Gasteiger charge is 2.51. The third kappa shape index (κ3) is 3.00. The Hall–Kier alpha value is -2.01. The quantitative estimate of drug-likeness (QED) is 0.633. The molecule has 1 aromatic carbocycles. The summed E-state index contributed by atoms with van der Waals surface area (Å²) in [7, 11) is 0. The van der Waals surface area contributed by atoms with Crippen molar-refractivity contribution in [1.82, 2.24) is 5.32 Å². The largest absolute Gasteiger partial charge is 0.461 e. The zero-order valence-electron chi connectivity index (χ0n) is 16.7. The smallest absolute Gasteiger partial charge is 0.311 e. The summed E-state index contributed by atoms with van der Waals surface area (Å²) >= 11 is 0. The maximum absolute atomic E-state index is 12.6. The van der Waals surface area contributed by atoms with Crippen LogP contribution in [0.25, 0.3) is 0 Å². The van der Waals surface area contributed by atoms with Crippen LogP contribution in [0.4, 0.5) is 0 Å². The first-order valence-electron chi connectivity index (χ1n) is 10.6. The molecule has 28 heavy (non-hydrogen) atoms. The average Bonchev–Trinajstić information content (AvgIpc) is 3.24. The molecule has 0 bridgehead atoms. The van der Waals surface area contributed by atoms with Gasteiger partial charge in [-0.1, -0.05) is 38.0 Å². The molecule has 0 radical (unpaired) electrons. The molecular formula is C23H29NO4. The average molecular weight is 383 g/mol.